The minimum absolute atomic E-state index is 0.0899. The van der Waals surface area contributed by atoms with Crippen molar-refractivity contribution in [3.05, 3.63) is 47.8 Å². The number of anilines is 1. The van der Waals surface area contributed by atoms with Gasteiger partial charge in [-0.25, -0.2) is 0 Å². The van der Waals surface area contributed by atoms with E-state index in [1.807, 2.05) is 50.8 Å². The van der Waals surface area contributed by atoms with E-state index in [0.717, 1.165) is 17.8 Å². The van der Waals surface area contributed by atoms with Crippen molar-refractivity contribution in [2.24, 2.45) is 7.05 Å². The monoisotopic (exact) mass is 231 g/mol. The molecule has 0 amide bonds. The first-order valence-corrected chi connectivity index (χ1v) is 5.57. The van der Waals surface area contributed by atoms with E-state index in [0.29, 0.717) is 0 Å². The molecule has 17 heavy (non-hydrogen) atoms. The Morgan fingerprint density at radius 1 is 1.24 bits per heavy atom. The van der Waals surface area contributed by atoms with Crippen molar-refractivity contribution in [1.82, 2.24) is 9.78 Å². The van der Waals surface area contributed by atoms with Crippen LogP contribution in [0.15, 0.2) is 36.7 Å². The van der Waals surface area contributed by atoms with Gasteiger partial charge in [0.15, 0.2) is 0 Å². The first-order valence-electron chi connectivity index (χ1n) is 5.57. The predicted octanol–water partition coefficient (Wildman–Crippen LogP) is 1.55. The number of aliphatic hydroxyl groups is 1. The number of aryl methyl sites for hydroxylation is 1. The molecule has 2 rings (SSSR count). The first-order chi connectivity index (χ1) is 8.19. The molecule has 0 saturated carbocycles. The van der Waals surface area contributed by atoms with E-state index in [1.165, 1.54) is 5.56 Å². The van der Waals surface area contributed by atoms with Gasteiger partial charge in [-0.1, -0.05) is 12.1 Å². The average Bonchev–Trinajstić information content (AvgIpc) is 2.75. The van der Waals surface area contributed by atoms with E-state index < -0.39 is 0 Å². The smallest absolute Gasteiger partial charge is 0.0681 e. The van der Waals surface area contributed by atoms with Crippen LogP contribution in [-0.2, 0) is 20.2 Å². The molecule has 1 aromatic carbocycles. The van der Waals surface area contributed by atoms with Crippen LogP contribution in [0.1, 0.15) is 11.1 Å². The van der Waals surface area contributed by atoms with Crippen molar-refractivity contribution >= 4 is 5.69 Å². The van der Waals surface area contributed by atoms with Gasteiger partial charge >= 0.3 is 0 Å². The minimum atomic E-state index is 0.0899. The second-order valence-electron chi connectivity index (χ2n) is 4.20. The molecule has 0 aliphatic carbocycles. The van der Waals surface area contributed by atoms with Crippen LogP contribution in [0.2, 0.25) is 0 Å². The van der Waals surface area contributed by atoms with Crippen LogP contribution >= 0.6 is 0 Å². The Morgan fingerprint density at radius 3 is 2.47 bits per heavy atom. The lowest BCUT2D eigenvalue weighted by Gasteiger charge is -2.18. The van der Waals surface area contributed by atoms with Gasteiger partial charge in [0.2, 0.25) is 0 Å². The van der Waals surface area contributed by atoms with Gasteiger partial charge in [0, 0.05) is 38.1 Å². The number of hydrogen-bond donors (Lipinski definition) is 1. The van der Waals surface area contributed by atoms with E-state index in [2.05, 4.69) is 10.00 Å². The van der Waals surface area contributed by atoms with Crippen LogP contribution < -0.4 is 4.90 Å². The molecule has 0 radical (unpaired) electrons. The fourth-order valence-corrected chi connectivity index (χ4v) is 1.77. The van der Waals surface area contributed by atoms with Crippen molar-refractivity contribution in [3.63, 3.8) is 0 Å². The molecular formula is C13H17N3O. The van der Waals surface area contributed by atoms with E-state index in [4.69, 9.17) is 5.11 Å². The average molecular weight is 231 g/mol. The summed E-state index contributed by atoms with van der Waals surface area (Å²) in [6, 6.07) is 7.91. The van der Waals surface area contributed by atoms with E-state index >= 15 is 0 Å². The van der Waals surface area contributed by atoms with Gasteiger partial charge in [-0.15, -0.1) is 0 Å². The topological polar surface area (TPSA) is 41.3 Å². The Labute approximate surface area is 101 Å². The molecule has 0 bridgehead atoms. The quantitative estimate of drug-likeness (QED) is 0.868. The normalized spacial score (nSPS) is 10.5. The first kappa shape index (κ1) is 11.7. The van der Waals surface area contributed by atoms with Gasteiger partial charge < -0.3 is 10.0 Å². The third-order valence-electron chi connectivity index (χ3n) is 2.74. The Balaban J connectivity index is 2.06. The molecule has 0 spiro atoms. The number of benzene rings is 1. The summed E-state index contributed by atoms with van der Waals surface area (Å²) in [5.41, 5.74) is 3.25. The minimum Gasteiger partial charge on any atom is -0.392 e. The van der Waals surface area contributed by atoms with E-state index in [-0.39, 0.29) is 6.61 Å². The van der Waals surface area contributed by atoms with E-state index in [1.54, 1.807) is 4.68 Å². The fourth-order valence-electron chi connectivity index (χ4n) is 1.77. The molecular weight excluding hydrogens is 214 g/mol. The molecule has 1 heterocycles. The molecule has 4 heteroatoms. The van der Waals surface area contributed by atoms with Gasteiger partial charge in [-0.3, -0.25) is 4.68 Å². The Hall–Kier alpha value is -1.81. The molecule has 90 valence electrons. The number of aliphatic hydroxyl groups excluding tert-OH is 1. The zero-order valence-corrected chi connectivity index (χ0v) is 10.2. The number of hydrogen-bond acceptors (Lipinski definition) is 3. The van der Waals surface area contributed by atoms with Crippen molar-refractivity contribution in [2.75, 3.05) is 11.9 Å². The maximum Gasteiger partial charge on any atom is 0.0681 e. The molecule has 0 aliphatic rings. The van der Waals surface area contributed by atoms with Crippen molar-refractivity contribution in [1.29, 1.82) is 0 Å². The summed E-state index contributed by atoms with van der Waals surface area (Å²) < 4.78 is 1.80. The van der Waals surface area contributed by atoms with Gasteiger partial charge in [0.25, 0.3) is 0 Å². The Bertz CT molecular complexity index is 476. The summed E-state index contributed by atoms with van der Waals surface area (Å²) in [4.78, 5) is 2.15. The highest BCUT2D eigenvalue weighted by Gasteiger charge is 2.03. The zero-order valence-electron chi connectivity index (χ0n) is 10.2. The van der Waals surface area contributed by atoms with Crippen molar-refractivity contribution in [2.45, 2.75) is 13.2 Å². The molecule has 1 aromatic heterocycles. The molecule has 1 N–H and O–H groups in total. The fraction of sp³-hybridized carbons (Fsp3) is 0.308. The van der Waals surface area contributed by atoms with Crippen molar-refractivity contribution < 1.29 is 5.11 Å². The van der Waals surface area contributed by atoms with Crippen LogP contribution in [0.5, 0.6) is 0 Å². The SMILES string of the molecule is CN(Cc1cnn(C)c1)c1ccc(CO)cc1. The Kier molecular flexibility index (Phi) is 3.44. The van der Waals surface area contributed by atoms with Crippen LogP contribution in [0.3, 0.4) is 0 Å². The molecule has 4 nitrogen and oxygen atoms in total. The zero-order chi connectivity index (χ0) is 12.3. The van der Waals surface area contributed by atoms with Gasteiger partial charge in [0.1, 0.15) is 0 Å². The Morgan fingerprint density at radius 2 is 1.94 bits per heavy atom. The standard InChI is InChI=1S/C13H17N3O/c1-15(8-12-7-14-16(2)9-12)13-5-3-11(10-17)4-6-13/h3-7,9,17H,8,10H2,1-2H3. The summed E-state index contributed by atoms with van der Waals surface area (Å²) in [6.45, 7) is 0.916. The molecule has 0 fully saturated rings. The van der Waals surface area contributed by atoms with Crippen molar-refractivity contribution in [3.8, 4) is 0 Å². The maximum atomic E-state index is 8.98. The summed E-state index contributed by atoms with van der Waals surface area (Å²) in [5, 5.41) is 13.1. The van der Waals surface area contributed by atoms with Gasteiger partial charge in [-0.2, -0.15) is 5.10 Å². The maximum absolute atomic E-state index is 8.98. The third-order valence-corrected chi connectivity index (χ3v) is 2.74. The molecule has 0 aliphatic heterocycles. The molecule has 0 unspecified atom stereocenters. The predicted molar refractivity (Wildman–Crippen MR) is 67.7 cm³/mol. The van der Waals surface area contributed by atoms with Crippen LogP contribution in [-0.4, -0.2) is 21.9 Å². The van der Waals surface area contributed by atoms with Crippen LogP contribution in [0.25, 0.3) is 0 Å². The third kappa shape index (κ3) is 2.85. The molecule has 2 aromatic rings. The second-order valence-corrected chi connectivity index (χ2v) is 4.20. The second kappa shape index (κ2) is 5.01. The summed E-state index contributed by atoms with van der Waals surface area (Å²) in [6.07, 6.45) is 3.89. The largest absolute Gasteiger partial charge is 0.392 e. The lowest BCUT2D eigenvalue weighted by molar-refractivity contribution is 0.282. The van der Waals surface area contributed by atoms with E-state index in [9.17, 15) is 0 Å². The molecule has 0 saturated heterocycles. The van der Waals surface area contributed by atoms with Crippen LogP contribution in [0, 0.1) is 0 Å². The van der Waals surface area contributed by atoms with Gasteiger partial charge in [-0.05, 0) is 17.7 Å². The van der Waals surface area contributed by atoms with Crippen LogP contribution in [0.4, 0.5) is 5.69 Å². The number of nitrogens with zero attached hydrogens (tertiary/aromatic N) is 3. The number of rotatable bonds is 4. The van der Waals surface area contributed by atoms with Gasteiger partial charge in [0.05, 0.1) is 12.8 Å². The summed E-state index contributed by atoms with van der Waals surface area (Å²) >= 11 is 0. The lowest BCUT2D eigenvalue weighted by Crippen LogP contribution is -2.15. The summed E-state index contributed by atoms with van der Waals surface area (Å²) in [7, 11) is 3.96. The number of aromatic nitrogens is 2. The molecule has 0 atom stereocenters. The lowest BCUT2D eigenvalue weighted by atomic mass is 10.2. The highest BCUT2D eigenvalue weighted by molar-refractivity contribution is 5.47. The highest BCUT2D eigenvalue weighted by atomic mass is 16.3. The highest BCUT2D eigenvalue weighted by Crippen LogP contribution is 2.16. The summed E-state index contributed by atoms with van der Waals surface area (Å²) in [5.74, 6) is 0.